The van der Waals surface area contributed by atoms with E-state index in [2.05, 4.69) is 11.8 Å². The van der Waals surface area contributed by atoms with E-state index in [1.54, 1.807) is 0 Å². The Labute approximate surface area is 80.7 Å². The van der Waals surface area contributed by atoms with Gasteiger partial charge >= 0.3 is 0 Å². The summed E-state index contributed by atoms with van der Waals surface area (Å²) in [5.41, 5.74) is 0. The molecule has 1 saturated heterocycles. The molecular weight excluding hydrogens is 166 g/mol. The van der Waals surface area contributed by atoms with Gasteiger partial charge in [0.25, 0.3) is 0 Å². The zero-order valence-electron chi connectivity index (χ0n) is 8.54. The van der Waals surface area contributed by atoms with Gasteiger partial charge in [-0.3, -0.25) is 0 Å². The van der Waals surface area contributed by atoms with Crippen LogP contribution in [0.3, 0.4) is 0 Å². The molecule has 1 heterocycles. The molecule has 13 heavy (non-hydrogen) atoms. The maximum absolute atomic E-state index is 8.50. The average molecular weight is 187 g/mol. The molecule has 0 aromatic heterocycles. The molecule has 1 fully saturated rings. The van der Waals surface area contributed by atoms with Crippen molar-refractivity contribution < 1.29 is 9.84 Å². The summed E-state index contributed by atoms with van der Waals surface area (Å²) in [5, 5.41) is 8.50. The molecule has 1 aliphatic rings. The molecule has 3 nitrogen and oxygen atoms in total. The van der Waals surface area contributed by atoms with Crippen LogP contribution in [-0.4, -0.2) is 49.5 Å². The van der Waals surface area contributed by atoms with E-state index in [0.717, 1.165) is 19.1 Å². The monoisotopic (exact) mass is 187 g/mol. The van der Waals surface area contributed by atoms with Crippen LogP contribution in [0.5, 0.6) is 0 Å². The van der Waals surface area contributed by atoms with Crippen LogP contribution in [0.4, 0.5) is 0 Å². The van der Waals surface area contributed by atoms with Gasteiger partial charge in [0.1, 0.15) is 0 Å². The first-order valence-corrected chi connectivity index (χ1v) is 5.27. The fraction of sp³-hybridized carbons (Fsp3) is 1.00. The van der Waals surface area contributed by atoms with E-state index >= 15 is 0 Å². The summed E-state index contributed by atoms with van der Waals surface area (Å²) in [7, 11) is 0. The zero-order chi connectivity index (χ0) is 9.52. The van der Waals surface area contributed by atoms with Crippen LogP contribution < -0.4 is 0 Å². The van der Waals surface area contributed by atoms with Crippen molar-refractivity contribution in [3.05, 3.63) is 0 Å². The molecule has 0 saturated carbocycles. The molecule has 0 aromatic carbocycles. The molecule has 0 aromatic rings. The van der Waals surface area contributed by atoms with E-state index in [1.807, 2.05) is 0 Å². The number of hydrogen-bond donors (Lipinski definition) is 1. The Hall–Kier alpha value is -0.120. The van der Waals surface area contributed by atoms with Crippen molar-refractivity contribution in [1.82, 2.24) is 4.90 Å². The van der Waals surface area contributed by atoms with Gasteiger partial charge in [-0.15, -0.1) is 0 Å². The molecule has 0 radical (unpaired) electrons. The van der Waals surface area contributed by atoms with Gasteiger partial charge in [0.05, 0.1) is 19.8 Å². The molecule has 1 aliphatic heterocycles. The Kier molecular flexibility index (Phi) is 5.35. The fourth-order valence-corrected chi connectivity index (χ4v) is 1.81. The largest absolute Gasteiger partial charge is 0.394 e. The lowest BCUT2D eigenvalue weighted by molar-refractivity contribution is 0.0774. The van der Waals surface area contributed by atoms with Gasteiger partial charge in [-0.25, -0.2) is 0 Å². The van der Waals surface area contributed by atoms with Gasteiger partial charge in [-0.2, -0.15) is 0 Å². The summed E-state index contributed by atoms with van der Waals surface area (Å²) in [6.07, 6.45) is 2.64. The smallest absolute Gasteiger partial charge is 0.0698 e. The highest BCUT2D eigenvalue weighted by atomic mass is 16.5. The molecule has 78 valence electrons. The second-order valence-electron chi connectivity index (χ2n) is 3.70. The molecule has 0 bridgehead atoms. The lowest BCUT2D eigenvalue weighted by Gasteiger charge is -2.15. The topological polar surface area (TPSA) is 32.7 Å². The average Bonchev–Trinajstić information content (AvgIpc) is 2.60. The third kappa shape index (κ3) is 4.07. The number of aliphatic hydroxyl groups is 1. The van der Waals surface area contributed by atoms with Gasteiger partial charge in [-0.05, 0) is 18.9 Å². The molecule has 0 aliphatic carbocycles. The quantitative estimate of drug-likeness (QED) is 0.622. The number of ether oxygens (including phenoxy) is 1. The molecule has 0 amide bonds. The van der Waals surface area contributed by atoms with Gasteiger partial charge < -0.3 is 14.7 Å². The highest BCUT2D eigenvalue weighted by molar-refractivity contribution is 4.73. The van der Waals surface area contributed by atoms with Crippen molar-refractivity contribution >= 4 is 0 Å². The Morgan fingerprint density at radius 3 is 2.92 bits per heavy atom. The molecule has 1 atom stereocenters. The summed E-state index contributed by atoms with van der Waals surface area (Å²) in [5.74, 6) is 0.901. The Morgan fingerprint density at radius 2 is 2.31 bits per heavy atom. The van der Waals surface area contributed by atoms with E-state index in [9.17, 15) is 0 Å². The SMILES string of the molecule is CCC1CCN(CCOCCO)C1. The van der Waals surface area contributed by atoms with Crippen molar-refractivity contribution in [3.8, 4) is 0 Å². The summed E-state index contributed by atoms with van der Waals surface area (Å²) < 4.78 is 5.22. The zero-order valence-corrected chi connectivity index (χ0v) is 8.54. The first kappa shape index (κ1) is 11.0. The van der Waals surface area contributed by atoms with E-state index in [1.165, 1.54) is 25.9 Å². The third-order valence-corrected chi connectivity index (χ3v) is 2.73. The van der Waals surface area contributed by atoms with Crippen molar-refractivity contribution in [2.45, 2.75) is 19.8 Å². The Morgan fingerprint density at radius 1 is 1.46 bits per heavy atom. The number of hydrogen-bond acceptors (Lipinski definition) is 3. The lowest BCUT2D eigenvalue weighted by atomic mass is 10.1. The second kappa shape index (κ2) is 6.35. The minimum atomic E-state index is 0.136. The van der Waals surface area contributed by atoms with E-state index in [-0.39, 0.29) is 6.61 Å². The van der Waals surface area contributed by atoms with Crippen LogP contribution in [0, 0.1) is 5.92 Å². The maximum atomic E-state index is 8.50. The predicted octanol–water partition coefficient (Wildman–Crippen LogP) is 0.727. The Bertz CT molecular complexity index is 130. The van der Waals surface area contributed by atoms with E-state index in [0.29, 0.717) is 6.61 Å². The summed E-state index contributed by atoms with van der Waals surface area (Å²) in [6.45, 7) is 7.12. The number of nitrogens with zero attached hydrogens (tertiary/aromatic N) is 1. The normalized spacial score (nSPS) is 24.0. The summed E-state index contributed by atoms with van der Waals surface area (Å²) >= 11 is 0. The van der Waals surface area contributed by atoms with Crippen LogP contribution in [0.25, 0.3) is 0 Å². The van der Waals surface area contributed by atoms with Crippen molar-refractivity contribution in [3.63, 3.8) is 0 Å². The number of likely N-dealkylation sites (tertiary alicyclic amines) is 1. The molecule has 0 spiro atoms. The standard InChI is InChI=1S/C10H21NO2/c1-2-10-3-4-11(9-10)5-7-13-8-6-12/h10,12H,2-9H2,1H3. The van der Waals surface area contributed by atoms with Gasteiger partial charge in [0.2, 0.25) is 0 Å². The van der Waals surface area contributed by atoms with Crippen molar-refractivity contribution in [1.29, 1.82) is 0 Å². The molecular formula is C10H21NO2. The van der Waals surface area contributed by atoms with Gasteiger partial charge in [0, 0.05) is 13.1 Å². The molecule has 1 rings (SSSR count). The van der Waals surface area contributed by atoms with Crippen LogP contribution in [0.1, 0.15) is 19.8 Å². The highest BCUT2D eigenvalue weighted by Gasteiger charge is 2.19. The van der Waals surface area contributed by atoms with Gasteiger partial charge in [-0.1, -0.05) is 13.3 Å². The van der Waals surface area contributed by atoms with Gasteiger partial charge in [0.15, 0.2) is 0 Å². The second-order valence-corrected chi connectivity index (χ2v) is 3.70. The third-order valence-electron chi connectivity index (χ3n) is 2.73. The van der Waals surface area contributed by atoms with Crippen LogP contribution in [0.2, 0.25) is 0 Å². The van der Waals surface area contributed by atoms with Crippen molar-refractivity contribution in [2.24, 2.45) is 5.92 Å². The first-order chi connectivity index (χ1) is 6.36. The van der Waals surface area contributed by atoms with Crippen LogP contribution >= 0.6 is 0 Å². The van der Waals surface area contributed by atoms with Crippen LogP contribution in [0.15, 0.2) is 0 Å². The first-order valence-electron chi connectivity index (χ1n) is 5.27. The van der Waals surface area contributed by atoms with Crippen LogP contribution in [-0.2, 0) is 4.74 Å². The molecule has 1 unspecified atom stereocenters. The Balaban J connectivity index is 1.97. The minimum Gasteiger partial charge on any atom is -0.394 e. The van der Waals surface area contributed by atoms with Crippen molar-refractivity contribution in [2.75, 3.05) is 39.5 Å². The lowest BCUT2D eigenvalue weighted by Crippen LogP contribution is -2.25. The number of rotatable bonds is 6. The summed E-state index contributed by atoms with van der Waals surface area (Å²) in [6, 6.07) is 0. The molecule has 3 heteroatoms. The van der Waals surface area contributed by atoms with E-state index < -0.39 is 0 Å². The summed E-state index contributed by atoms with van der Waals surface area (Å²) in [4.78, 5) is 2.45. The van der Waals surface area contributed by atoms with E-state index in [4.69, 9.17) is 9.84 Å². The maximum Gasteiger partial charge on any atom is 0.0698 e. The molecule has 1 N–H and O–H groups in total. The highest BCUT2D eigenvalue weighted by Crippen LogP contribution is 2.18. The minimum absolute atomic E-state index is 0.136. The number of aliphatic hydroxyl groups excluding tert-OH is 1. The predicted molar refractivity (Wildman–Crippen MR) is 52.7 cm³/mol. The fourth-order valence-electron chi connectivity index (χ4n) is 1.81.